The van der Waals surface area contributed by atoms with E-state index in [4.69, 9.17) is 0 Å². The minimum Gasteiger partial charge on any atom is -0.310 e. The van der Waals surface area contributed by atoms with Crippen LogP contribution in [0.2, 0.25) is 0 Å². The number of halogens is 2. The van der Waals surface area contributed by atoms with Crippen molar-refractivity contribution in [3.63, 3.8) is 0 Å². The highest BCUT2D eigenvalue weighted by atomic mass is 19.1. The van der Waals surface area contributed by atoms with Gasteiger partial charge in [0.15, 0.2) is 0 Å². The number of para-hydroxylation sites is 1. The zero-order valence-corrected chi connectivity index (χ0v) is 13.7. The molecule has 4 amide bonds. The Balaban J connectivity index is 1.63. The van der Waals surface area contributed by atoms with Gasteiger partial charge in [-0.15, -0.1) is 0 Å². The van der Waals surface area contributed by atoms with Crippen molar-refractivity contribution in [1.82, 2.24) is 9.80 Å². The third-order valence-corrected chi connectivity index (χ3v) is 5.43. The summed E-state index contributed by atoms with van der Waals surface area (Å²) in [6, 6.07) is 2.23. The van der Waals surface area contributed by atoms with Crippen molar-refractivity contribution in [3.8, 4) is 0 Å². The lowest BCUT2D eigenvalue weighted by Crippen LogP contribution is -2.45. The van der Waals surface area contributed by atoms with Crippen LogP contribution in [0.5, 0.6) is 0 Å². The minimum atomic E-state index is -0.864. The predicted molar refractivity (Wildman–Crippen MR) is 83.7 cm³/mol. The Bertz CT molecular complexity index is 779. The summed E-state index contributed by atoms with van der Waals surface area (Å²) in [5.74, 6) is -2.53. The molecule has 0 N–H and O–H groups in total. The molecule has 3 aliphatic heterocycles. The largest absolute Gasteiger partial charge is 0.328 e. The number of amides is 4. The third kappa shape index (κ3) is 2.09. The van der Waals surface area contributed by atoms with Crippen molar-refractivity contribution in [1.29, 1.82) is 0 Å². The molecule has 0 saturated carbocycles. The first-order chi connectivity index (χ1) is 11.8. The molecule has 1 aromatic rings. The molecule has 0 radical (unpaired) electrons. The predicted octanol–water partition coefficient (Wildman–Crippen LogP) is 1.89. The van der Waals surface area contributed by atoms with E-state index in [1.807, 2.05) is 0 Å². The van der Waals surface area contributed by atoms with Crippen molar-refractivity contribution < 1.29 is 23.2 Å². The maximum absolute atomic E-state index is 14.0. The van der Waals surface area contributed by atoms with Gasteiger partial charge in [0.2, 0.25) is 5.91 Å². The van der Waals surface area contributed by atoms with Gasteiger partial charge in [0, 0.05) is 19.5 Å². The monoisotopic (exact) mass is 349 g/mol. The second kappa shape index (κ2) is 5.24. The number of carbonyl (C=O) groups excluding carboxylic acids is 3. The summed E-state index contributed by atoms with van der Waals surface area (Å²) >= 11 is 0. The highest BCUT2D eigenvalue weighted by Crippen LogP contribution is 2.40. The van der Waals surface area contributed by atoms with E-state index in [2.05, 4.69) is 0 Å². The summed E-state index contributed by atoms with van der Waals surface area (Å²) in [5.41, 5.74) is -1.29. The number of rotatable bonds is 2. The molecule has 3 aliphatic rings. The van der Waals surface area contributed by atoms with Crippen LogP contribution in [0.3, 0.4) is 0 Å². The number of nitrogens with zero attached hydrogens (tertiary/aromatic N) is 3. The molecule has 1 aromatic carbocycles. The third-order valence-electron chi connectivity index (χ3n) is 5.43. The molecular formula is C17H17F2N3O3. The molecule has 6 nitrogen and oxygen atoms in total. The van der Waals surface area contributed by atoms with Gasteiger partial charge in [0.05, 0.1) is 6.04 Å². The number of hydrogen-bond donors (Lipinski definition) is 0. The highest BCUT2D eigenvalue weighted by molar-refractivity contribution is 6.08. The van der Waals surface area contributed by atoms with Gasteiger partial charge in [-0.2, -0.15) is 0 Å². The number of anilines is 1. The topological polar surface area (TPSA) is 60.9 Å². The molecule has 2 atom stereocenters. The van der Waals surface area contributed by atoms with Crippen LogP contribution in [0.25, 0.3) is 0 Å². The van der Waals surface area contributed by atoms with Gasteiger partial charge in [-0.1, -0.05) is 6.07 Å². The van der Waals surface area contributed by atoms with Gasteiger partial charge in [0.25, 0.3) is 5.91 Å². The zero-order valence-electron chi connectivity index (χ0n) is 13.7. The normalized spacial score (nSPS) is 29.2. The fraction of sp³-hybridized carbons (Fsp3) is 0.471. The SMILES string of the molecule is C[C@@]12CCCN1C(=O)N([C@@H]1CC(=O)N(c3c(F)cccc3F)C1)C2=O. The lowest BCUT2D eigenvalue weighted by atomic mass is 9.99. The van der Waals surface area contributed by atoms with Crippen LogP contribution in [-0.4, -0.2) is 52.3 Å². The van der Waals surface area contributed by atoms with Crippen LogP contribution in [0, 0.1) is 11.6 Å². The number of hydrogen-bond acceptors (Lipinski definition) is 3. The van der Waals surface area contributed by atoms with Crippen molar-refractivity contribution in [2.24, 2.45) is 0 Å². The maximum atomic E-state index is 14.0. The van der Waals surface area contributed by atoms with Crippen molar-refractivity contribution in [2.75, 3.05) is 18.0 Å². The Morgan fingerprint density at radius 2 is 1.84 bits per heavy atom. The van der Waals surface area contributed by atoms with Gasteiger partial charge in [0.1, 0.15) is 22.9 Å². The smallest absolute Gasteiger partial charge is 0.310 e. The number of benzene rings is 1. The van der Waals surface area contributed by atoms with Crippen LogP contribution >= 0.6 is 0 Å². The summed E-state index contributed by atoms with van der Waals surface area (Å²) in [6.07, 6.45) is 1.22. The van der Waals surface area contributed by atoms with E-state index in [1.54, 1.807) is 6.92 Å². The maximum Gasteiger partial charge on any atom is 0.328 e. The fourth-order valence-corrected chi connectivity index (χ4v) is 4.12. The minimum absolute atomic E-state index is 0.0991. The standard InChI is InChI=1S/C17H17F2N3O3/c1-17-6-3-7-21(17)16(25)22(15(17)24)10-8-13(23)20(9-10)14-11(18)4-2-5-12(14)19/h2,4-5,10H,3,6-9H2,1H3/t10-,17+/m1/s1. The van der Waals surface area contributed by atoms with Gasteiger partial charge in [-0.05, 0) is 31.9 Å². The summed E-state index contributed by atoms with van der Waals surface area (Å²) in [6.45, 7) is 2.13. The van der Waals surface area contributed by atoms with E-state index in [-0.39, 0.29) is 18.9 Å². The van der Waals surface area contributed by atoms with Crippen molar-refractivity contribution in [3.05, 3.63) is 29.8 Å². The Morgan fingerprint density at radius 1 is 1.16 bits per heavy atom. The first kappa shape index (κ1) is 16.0. The molecule has 3 saturated heterocycles. The van der Waals surface area contributed by atoms with E-state index in [0.29, 0.717) is 13.0 Å². The quantitative estimate of drug-likeness (QED) is 0.766. The average Bonchev–Trinajstić information content (AvgIpc) is 3.16. The van der Waals surface area contributed by atoms with Crippen LogP contribution in [0.1, 0.15) is 26.2 Å². The summed E-state index contributed by atoms with van der Waals surface area (Å²) in [7, 11) is 0. The number of carbonyl (C=O) groups is 3. The van der Waals surface area contributed by atoms with E-state index < -0.39 is 40.8 Å². The van der Waals surface area contributed by atoms with E-state index in [0.717, 1.165) is 28.4 Å². The van der Waals surface area contributed by atoms with Crippen molar-refractivity contribution in [2.45, 2.75) is 37.8 Å². The van der Waals surface area contributed by atoms with Gasteiger partial charge in [-0.3, -0.25) is 14.5 Å². The number of imide groups is 1. The number of fused-ring (bicyclic) bond motifs is 1. The van der Waals surface area contributed by atoms with Crippen molar-refractivity contribution >= 4 is 23.5 Å². The molecule has 25 heavy (non-hydrogen) atoms. The summed E-state index contributed by atoms with van der Waals surface area (Å²) in [4.78, 5) is 41.3. The lowest BCUT2D eigenvalue weighted by Gasteiger charge is -2.23. The molecule has 0 bridgehead atoms. The molecule has 0 spiro atoms. The molecule has 0 aromatic heterocycles. The van der Waals surface area contributed by atoms with E-state index >= 15 is 0 Å². The second-order valence-corrected chi connectivity index (χ2v) is 6.92. The molecule has 4 rings (SSSR count). The molecule has 0 unspecified atom stereocenters. The van der Waals surface area contributed by atoms with Gasteiger partial charge < -0.3 is 9.80 Å². The molecule has 3 fully saturated rings. The van der Waals surface area contributed by atoms with Crippen LogP contribution in [-0.2, 0) is 9.59 Å². The Hall–Kier alpha value is -2.51. The molecular weight excluding hydrogens is 332 g/mol. The average molecular weight is 349 g/mol. The molecule has 8 heteroatoms. The summed E-state index contributed by atoms with van der Waals surface area (Å²) in [5, 5.41) is 0. The van der Waals surface area contributed by atoms with E-state index in [1.165, 1.54) is 11.0 Å². The Labute approximate surface area is 143 Å². The zero-order chi connectivity index (χ0) is 17.9. The molecule has 3 heterocycles. The highest BCUT2D eigenvalue weighted by Gasteiger charge is 2.59. The van der Waals surface area contributed by atoms with E-state index in [9.17, 15) is 23.2 Å². The molecule has 0 aliphatic carbocycles. The lowest BCUT2D eigenvalue weighted by molar-refractivity contribution is -0.133. The second-order valence-electron chi connectivity index (χ2n) is 6.92. The Kier molecular flexibility index (Phi) is 3.35. The fourth-order valence-electron chi connectivity index (χ4n) is 4.12. The number of urea groups is 1. The molecule has 132 valence electrons. The van der Waals surface area contributed by atoms with Crippen LogP contribution < -0.4 is 4.90 Å². The van der Waals surface area contributed by atoms with Crippen LogP contribution in [0.15, 0.2) is 18.2 Å². The Morgan fingerprint density at radius 3 is 2.48 bits per heavy atom. The van der Waals surface area contributed by atoms with Gasteiger partial charge in [-0.25, -0.2) is 13.6 Å². The first-order valence-electron chi connectivity index (χ1n) is 8.24. The first-order valence-corrected chi connectivity index (χ1v) is 8.24. The van der Waals surface area contributed by atoms with Crippen LogP contribution in [0.4, 0.5) is 19.3 Å². The van der Waals surface area contributed by atoms with Gasteiger partial charge >= 0.3 is 6.03 Å². The summed E-state index contributed by atoms with van der Waals surface area (Å²) < 4.78 is 28.0.